The highest BCUT2D eigenvalue weighted by molar-refractivity contribution is 9.10. The first-order valence-corrected chi connectivity index (χ1v) is 5.35. The molecule has 1 aromatic rings. The summed E-state index contributed by atoms with van der Waals surface area (Å²) >= 11 is 2.27. The van der Waals surface area contributed by atoms with E-state index in [1.54, 1.807) is 0 Å². The van der Waals surface area contributed by atoms with Crippen LogP contribution in [0.15, 0.2) is 4.47 Å². The Morgan fingerprint density at radius 3 is 1.89 bits per heavy atom. The van der Waals surface area contributed by atoms with Crippen LogP contribution in [0, 0.1) is 23.3 Å². The van der Waals surface area contributed by atoms with Gasteiger partial charge in [-0.1, -0.05) is 0 Å². The fourth-order valence-electron chi connectivity index (χ4n) is 1.10. The summed E-state index contributed by atoms with van der Waals surface area (Å²) < 4.78 is 55.9. The number of carbonyl (C=O) groups excluding carboxylic acids is 2. The minimum Gasteiger partial charge on any atom is -0.460 e. The summed E-state index contributed by atoms with van der Waals surface area (Å²) in [6.45, 7) is 1.12. The van der Waals surface area contributed by atoms with Crippen molar-refractivity contribution >= 4 is 27.7 Å². The van der Waals surface area contributed by atoms with Crippen molar-refractivity contribution in [3.05, 3.63) is 33.3 Å². The Labute approximate surface area is 107 Å². The topological polar surface area (TPSA) is 43.4 Å². The lowest BCUT2D eigenvalue weighted by molar-refractivity contribution is -0.137. The predicted octanol–water partition coefficient (Wildman–Crippen LogP) is 2.75. The van der Waals surface area contributed by atoms with Crippen LogP contribution in [-0.4, -0.2) is 18.4 Å². The van der Waals surface area contributed by atoms with Gasteiger partial charge in [-0.25, -0.2) is 22.4 Å². The van der Waals surface area contributed by atoms with Gasteiger partial charge in [0.05, 0.1) is 11.1 Å². The molecule has 0 unspecified atom stereocenters. The lowest BCUT2D eigenvalue weighted by atomic mass is 10.1. The zero-order chi connectivity index (χ0) is 14.0. The van der Waals surface area contributed by atoms with Crippen molar-refractivity contribution in [1.82, 2.24) is 0 Å². The van der Waals surface area contributed by atoms with Crippen LogP contribution in [0.2, 0.25) is 0 Å². The molecule has 18 heavy (non-hydrogen) atoms. The lowest BCUT2D eigenvalue weighted by Crippen LogP contribution is -2.22. The molecule has 1 aromatic carbocycles. The highest BCUT2D eigenvalue weighted by atomic mass is 79.9. The Balaban J connectivity index is 3.42. The van der Waals surface area contributed by atoms with Crippen LogP contribution in [0.1, 0.15) is 17.3 Å². The number of halogens is 5. The number of rotatable bonds is 3. The molecule has 0 fully saturated rings. The van der Waals surface area contributed by atoms with E-state index in [0.29, 0.717) is 0 Å². The summed E-state index contributed by atoms with van der Waals surface area (Å²) in [7, 11) is 0. The van der Waals surface area contributed by atoms with E-state index in [1.807, 2.05) is 0 Å². The average Bonchev–Trinajstić information content (AvgIpc) is 2.34. The Morgan fingerprint density at radius 2 is 1.50 bits per heavy atom. The molecule has 1 rings (SSSR count). The first-order valence-electron chi connectivity index (χ1n) is 4.55. The molecule has 0 heterocycles. The fraction of sp³-hybridized carbons (Fsp3) is 0.200. The van der Waals surface area contributed by atoms with Crippen LogP contribution in [-0.2, 0) is 9.53 Å². The maximum absolute atomic E-state index is 13.3. The van der Waals surface area contributed by atoms with Gasteiger partial charge in [0, 0.05) is 0 Å². The highest BCUT2D eigenvalue weighted by Gasteiger charge is 2.32. The molecule has 0 spiro atoms. The molecule has 0 N–H and O–H groups in total. The molecule has 0 saturated heterocycles. The summed E-state index contributed by atoms with van der Waals surface area (Å²) in [4.78, 5) is 22.3. The van der Waals surface area contributed by atoms with E-state index in [-0.39, 0.29) is 6.61 Å². The Hall–Kier alpha value is -1.44. The maximum Gasteiger partial charge on any atom is 0.379 e. The Kier molecular flexibility index (Phi) is 4.44. The largest absolute Gasteiger partial charge is 0.460 e. The number of hydrogen-bond acceptors (Lipinski definition) is 3. The van der Waals surface area contributed by atoms with Gasteiger partial charge in [-0.2, -0.15) is 0 Å². The normalized spacial score (nSPS) is 10.3. The Bertz CT molecular complexity index is 501. The van der Waals surface area contributed by atoms with Crippen molar-refractivity contribution in [1.29, 1.82) is 0 Å². The lowest BCUT2D eigenvalue weighted by Gasteiger charge is -2.07. The predicted molar refractivity (Wildman–Crippen MR) is 54.9 cm³/mol. The van der Waals surface area contributed by atoms with Gasteiger partial charge in [0.1, 0.15) is 5.56 Å². The summed E-state index contributed by atoms with van der Waals surface area (Å²) in [6, 6.07) is 0. The van der Waals surface area contributed by atoms with Crippen molar-refractivity contribution in [3.8, 4) is 0 Å². The summed E-state index contributed by atoms with van der Waals surface area (Å²) in [5, 5.41) is 0. The first-order chi connectivity index (χ1) is 8.32. The zero-order valence-electron chi connectivity index (χ0n) is 8.82. The zero-order valence-corrected chi connectivity index (χ0v) is 10.4. The molecule has 3 nitrogen and oxygen atoms in total. The maximum atomic E-state index is 13.3. The monoisotopic (exact) mass is 328 g/mol. The highest BCUT2D eigenvalue weighted by Crippen LogP contribution is 2.28. The number of ether oxygens (including phenoxy) is 1. The van der Waals surface area contributed by atoms with Crippen LogP contribution in [0.4, 0.5) is 17.6 Å². The van der Waals surface area contributed by atoms with E-state index in [2.05, 4.69) is 20.7 Å². The number of hydrogen-bond donors (Lipinski definition) is 0. The molecular formula is C10H5BrF4O3. The molecule has 0 atom stereocenters. The second kappa shape index (κ2) is 5.47. The van der Waals surface area contributed by atoms with Crippen molar-refractivity contribution in [3.63, 3.8) is 0 Å². The molecule has 0 amide bonds. The van der Waals surface area contributed by atoms with Crippen LogP contribution >= 0.6 is 15.9 Å². The second-order valence-corrected chi connectivity index (χ2v) is 3.79. The minimum absolute atomic E-state index is 0.227. The van der Waals surface area contributed by atoms with Gasteiger partial charge in [-0.15, -0.1) is 0 Å². The Morgan fingerprint density at radius 1 is 1.06 bits per heavy atom. The molecule has 0 aliphatic rings. The van der Waals surface area contributed by atoms with E-state index < -0.39 is 45.1 Å². The molecule has 98 valence electrons. The summed E-state index contributed by atoms with van der Waals surface area (Å²) in [6.07, 6.45) is 0. The third-order valence-electron chi connectivity index (χ3n) is 1.90. The fourth-order valence-corrected chi connectivity index (χ4v) is 1.45. The minimum atomic E-state index is -1.96. The van der Waals surface area contributed by atoms with Crippen LogP contribution in [0.25, 0.3) is 0 Å². The molecule has 0 aromatic heterocycles. The molecule has 0 bridgehead atoms. The first kappa shape index (κ1) is 14.6. The van der Waals surface area contributed by atoms with Crippen molar-refractivity contribution in [2.24, 2.45) is 0 Å². The number of carbonyl (C=O) groups is 2. The smallest absolute Gasteiger partial charge is 0.379 e. The van der Waals surface area contributed by atoms with Crippen LogP contribution in [0.5, 0.6) is 0 Å². The van der Waals surface area contributed by atoms with Gasteiger partial charge < -0.3 is 4.74 Å². The van der Waals surface area contributed by atoms with Crippen LogP contribution < -0.4 is 0 Å². The quantitative estimate of drug-likeness (QED) is 0.214. The summed E-state index contributed by atoms with van der Waals surface area (Å²) in [5.41, 5.74) is -1.62. The summed E-state index contributed by atoms with van der Waals surface area (Å²) in [5.74, 6) is -10.9. The van der Waals surface area contributed by atoms with Crippen LogP contribution in [0.3, 0.4) is 0 Å². The van der Waals surface area contributed by atoms with E-state index in [9.17, 15) is 27.2 Å². The van der Waals surface area contributed by atoms with E-state index in [4.69, 9.17) is 0 Å². The van der Waals surface area contributed by atoms with Gasteiger partial charge in [0.2, 0.25) is 0 Å². The van der Waals surface area contributed by atoms with Gasteiger partial charge in [0.25, 0.3) is 5.78 Å². The van der Waals surface area contributed by atoms with E-state index >= 15 is 0 Å². The molecule has 0 saturated carbocycles. The number of benzene rings is 1. The second-order valence-electron chi connectivity index (χ2n) is 2.99. The molecule has 0 aliphatic carbocycles. The third kappa shape index (κ3) is 2.38. The van der Waals surface area contributed by atoms with E-state index in [1.165, 1.54) is 6.92 Å². The van der Waals surface area contributed by atoms with Crippen molar-refractivity contribution < 1.29 is 31.9 Å². The molecule has 0 aliphatic heterocycles. The number of esters is 1. The SMILES string of the molecule is CCOC(=O)C(=O)c1c(F)c(F)c(Br)c(F)c1F. The number of ketones is 1. The van der Waals surface area contributed by atoms with Gasteiger partial charge in [-0.3, -0.25) is 4.79 Å². The van der Waals surface area contributed by atoms with Gasteiger partial charge in [0.15, 0.2) is 23.3 Å². The average molecular weight is 329 g/mol. The van der Waals surface area contributed by atoms with E-state index in [0.717, 1.165) is 0 Å². The standard InChI is InChI=1S/C10H5BrF4O3/c1-2-18-10(17)9(16)3-5(12)7(14)4(11)8(15)6(3)13/h2H2,1H3. The molecule has 8 heteroatoms. The van der Waals surface area contributed by atoms with Gasteiger partial charge >= 0.3 is 5.97 Å². The van der Waals surface area contributed by atoms with Crippen molar-refractivity contribution in [2.75, 3.05) is 6.61 Å². The van der Waals surface area contributed by atoms with Crippen molar-refractivity contribution in [2.45, 2.75) is 6.92 Å². The third-order valence-corrected chi connectivity index (χ3v) is 2.59. The molecular weight excluding hydrogens is 324 g/mol. The van der Waals surface area contributed by atoms with Gasteiger partial charge in [-0.05, 0) is 22.9 Å². The number of Topliss-reactive ketones (excluding diaryl/α,β-unsaturated/α-hetero) is 1. The molecule has 0 radical (unpaired) electrons.